The summed E-state index contributed by atoms with van der Waals surface area (Å²) in [6, 6.07) is 6.18. The highest BCUT2D eigenvalue weighted by atomic mass is 32.2. The average molecular weight is 251 g/mol. The van der Waals surface area contributed by atoms with Gasteiger partial charge in [0.1, 0.15) is 0 Å². The van der Waals surface area contributed by atoms with E-state index in [-0.39, 0.29) is 5.25 Å². The predicted octanol–water partition coefficient (Wildman–Crippen LogP) is 2.54. The summed E-state index contributed by atoms with van der Waals surface area (Å²) in [6.45, 7) is 4.78. The SMILES string of the molecule is Cc1ccc(S(=O)C2CCCC2CN)c(C)c1. The lowest BCUT2D eigenvalue weighted by atomic mass is 10.1. The van der Waals surface area contributed by atoms with Gasteiger partial charge in [-0.1, -0.05) is 24.1 Å². The summed E-state index contributed by atoms with van der Waals surface area (Å²) in [4.78, 5) is 1.00. The quantitative estimate of drug-likeness (QED) is 0.897. The van der Waals surface area contributed by atoms with Crippen LogP contribution in [0.3, 0.4) is 0 Å². The maximum atomic E-state index is 12.6. The first kappa shape index (κ1) is 12.8. The third-order valence-electron chi connectivity index (χ3n) is 3.71. The summed E-state index contributed by atoms with van der Waals surface area (Å²) < 4.78 is 12.6. The Kier molecular flexibility index (Phi) is 4.00. The molecule has 3 atom stereocenters. The minimum Gasteiger partial charge on any atom is -0.330 e. The van der Waals surface area contributed by atoms with Crippen molar-refractivity contribution in [3.05, 3.63) is 29.3 Å². The van der Waals surface area contributed by atoms with Crippen LogP contribution in [0.4, 0.5) is 0 Å². The van der Waals surface area contributed by atoms with Crippen molar-refractivity contribution >= 4 is 10.8 Å². The Morgan fingerprint density at radius 2 is 2.12 bits per heavy atom. The monoisotopic (exact) mass is 251 g/mol. The summed E-state index contributed by atoms with van der Waals surface area (Å²) in [5, 5.41) is 0.265. The van der Waals surface area contributed by atoms with E-state index in [2.05, 4.69) is 13.0 Å². The van der Waals surface area contributed by atoms with Gasteiger partial charge >= 0.3 is 0 Å². The molecular weight excluding hydrogens is 230 g/mol. The van der Waals surface area contributed by atoms with E-state index in [1.54, 1.807) is 0 Å². The van der Waals surface area contributed by atoms with Crippen LogP contribution in [0.2, 0.25) is 0 Å². The second-order valence-corrected chi connectivity index (χ2v) is 6.67. The van der Waals surface area contributed by atoms with Crippen molar-refractivity contribution in [2.45, 2.75) is 43.3 Å². The van der Waals surface area contributed by atoms with Gasteiger partial charge < -0.3 is 5.73 Å². The van der Waals surface area contributed by atoms with Crippen molar-refractivity contribution in [3.8, 4) is 0 Å². The van der Waals surface area contributed by atoms with Gasteiger partial charge in [0, 0.05) is 10.1 Å². The minimum atomic E-state index is -0.889. The van der Waals surface area contributed by atoms with Gasteiger partial charge in [-0.25, -0.2) is 0 Å². The highest BCUT2D eigenvalue weighted by Gasteiger charge is 2.32. The van der Waals surface area contributed by atoms with Crippen molar-refractivity contribution in [1.82, 2.24) is 0 Å². The van der Waals surface area contributed by atoms with Gasteiger partial charge in [-0.15, -0.1) is 0 Å². The lowest BCUT2D eigenvalue weighted by Crippen LogP contribution is -2.27. The van der Waals surface area contributed by atoms with Crippen LogP contribution in [-0.4, -0.2) is 16.0 Å². The summed E-state index contributed by atoms with van der Waals surface area (Å²) in [7, 11) is -0.889. The summed E-state index contributed by atoms with van der Waals surface area (Å²) in [5.41, 5.74) is 8.14. The van der Waals surface area contributed by atoms with Crippen molar-refractivity contribution < 1.29 is 4.21 Å². The van der Waals surface area contributed by atoms with Crippen LogP contribution < -0.4 is 5.73 Å². The molecule has 0 aromatic heterocycles. The zero-order valence-corrected chi connectivity index (χ0v) is 11.4. The second kappa shape index (κ2) is 5.32. The topological polar surface area (TPSA) is 43.1 Å². The first-order valence-electron chi connectivity index (χ1n) is 6.31. The number of hydrogen-bond acceptors (Lipinski definition) is 2. The van der Waals surface area contributed by atoms with E-state index < -0.39 is 10.8 Å². The molecule has 1 saturated carbocycles. The Labute approximate surface area is 106 Å². The Hall–Kier alpha value is -0.670. The van der Waals surface area contributed by atoms with Crippen molar-refractivity contribution in [1.29, 1.82) is 0 Å². The van der Waals surface area contributed by atoms with Crippen LogP contribution in [-0.2, 0) is 10.8 Å². The summed E-state index contributed by atoms with van der Waals surface area (Å²) in [5.74, 6) is 0.441. The molecule has 2 rings (SSSR count). The van der Waals surface area contributed by atoms with Gasteiger partial charge in [0.2, 0.25) is 0 Å². The van der Waals surface area contributed by atoms with Crippen LogP contribution >= 0.6 is 0 Å². The molecule has 0 bridgehead atoms. The summed E-state index contributed by atoms with van der Waals surface area (Å²) >= 11 is 0. The molecule has 2 nitrogen and oxygen atoms in total. The van der Waals surface area contributed by atoms with Gasteiger partial charge in [0.15, 0.2) is 0 Å². The number of aryl methyl sites for hydroxylation is 2. The minimum absolute atomic E-state index is 0.265. The number of rotatable bonds is 3. The average Bonchev–Trinajstić information content (AvgIpc) is 2.76. The number of benzene rings is 1. The maximum Gasteiger partial charge on any atom is 0.0566 e. The molecule has 0 saturated heterocycles. The summed E-state index contributed by atoms with van der Waals surface area (Å²) in [6.07, 6.45) is 3.36. The first-order chi connectivity index (χ1) is 8.13. The predicted molar refractivity (Wildman–Crippen MR) is 72.5 cm³/mol. The van der Waals surface area contributed by atoms with Gasteiger partial charge in [-0.05, 0) is 50.8 Å². The van der Waals surface area contributed by atoms with Crippen LogP contribution in [0.25, 0.3) is 0 Å². The van der Waals surface area contributed by atoms with Crippen LogP contribution in [0.1, 0.15) is 30.4 Å². The Bertz CT molecular complexity index is 430. The third kappa shape index (κ3) is 2.61. The molecule has 1 aliphatic rings. The molecule has 0 spiro atoms. The Morgan fingerprint density at radius 1 is 1.35 bits per heavy atom. The fourth-order valence-corrected chi connectivity index (χ4v) is 4.62. The Morgan fingerprint density at radius 3 is 2.76 bits per heavy atom. The van der Waals surface area contributed by atoms with E-state index in [1.165, 1.54) is 12.0 Å². The molecule has 0 heterocycles. The fourth-order valence-electron chi connectivity index (χ4n) is 2.74. The first-order valence-corrected chi connectivity index (χ1v) is 7.52. The molecular formula is C14H21NOS. The maximum absolute atomic E-state index is 12.6. The van der Waals surface area contributed by atoms with Gasteiger partial charge in [0.25, 0.3) is 0 Å². The fraction of sp³-hybridized carbons (Fsp3) is 0.571. The lowest BCUT2D eigenvalue weighted by Gasteiger charge is -2.18. The normalized spacial score (nSPS) is 26.1. The van der Waals surface area contributed by atoms with Crippen LogP contribution in [0.15, 0.2) is 23.1 Å². The standard InChI is InChI=1S/C14H21NOS/c1-10-6-7-13(11(2)8-10)17(16)14-5-3-4-12(14)9-15/h6-8,12,14H,3-5,9,15H2,1-2H3. The zero-order chi connectivity index (χ0) is 12.4. The molecule has 1 fully saturated rings. The van der Waals surface area contributed by atoms with Crippen molar-refractivity contribution in [3.63, 3.8) is 0 Å². The molecule has 1 aliphatic carbocycles. The third-order valence-corrected chi connectivity index (χ3v) is 5.78. The molecule has 3 heteroatoms. The van der Waals surface area contributed by atoms with Gasteiger partial charge in [0.05, 0.1) is 10.8 Å². The number of hydrogen-bond donors (Lipinski definition) is 1. The molecule has 0 aliphatic heterocycles. The van der Waals surface area contributed by atoms with Gasteiger partial charge in [-0.3, -0.25) is 4.21 Å². The van der Waals surface area contributed by atoms with Crippen molar-refractivity contribution in [2.24, 2.45) is 11.7 Å². The van der Waals surface area contributed by atoms with Crippen molar-refractivity contribution in [2.75, 3.05) is 6.54 Å². The van der Waals surface area contributed by atoms with E-state index >= 15 is 0 Å². The zero-order valence-electron chi connectivity index (χ0n) is 10.6. The van der Waals surface area contributed by atoms with E-state index in [0.717, 1.165) is 23.3 Å². The van der Waals surface area contributed by atoms with Gasteiger partial charge in [-0.2, -0.15) is 0 Å². The lowest BCUT2D eigenvalue weighted by molar-refractivity contribution is 0.557. The van der Waals surface area contributed by atoms with E-state index in [1.807, 2.05) is 19.1 Å². The molecule has 3 unspecified atom stereocenters. The smallest absolute Gasteiger partial charge is 0.0566 e. The molecule has 1 aromatic rings. The van der Waals surface area contributed by atoms with E-state index in [9.17, 15) is 4.21 Å². The highest BCUT2D eigenvalue weighted by Crippen LogP contribution is 2.32. The Balaban J connectivity index is 2.24. The van der Waals surface area contributed by atoms with Crippen LogP contribution in [0, 0.1) is 19.8 Å². The number of nitrogens with two attached hydrogens (primary N) is 1. The molecule has 1 aromatic carbocycles. The largest absolute Gasteiger partial charge is 0.330 e. The molecule has 94 valence electrons. The molecule has 17 heavy (non-hydrogen) atoms. The highest BCUT2D eigenvalue weighted by molar-refractivity contribution is 7.85. The molecule has 0 radical (unpaired) electrons. The van der Waals surface area contributed by atoms with Crippen LogP contribution in [0.5, 0.6) is 0 Å². The molecule has 2 N–H and O–H groups in total. The second-order valence-electron chi connectivity index (χ2n) is 5.03. The van der Waals surface area contributed by atoms with E-state index in [4.69, 9.17) is 5.73 Å². The van der Waals surface area contributed by atoms with E-state index in [0.29, 0.717) is 12.5 Å². The molecule has 0 amide bonds.